The van der Waals surface area contributed by atoms with Gasteiger partial charge in [0.25, 0.3) is 0 Å². The van der Waals surface area contributed by atoms with E-state index in [0.717, 1.165) is 47.8 Å². The van der Waals surface area contributed by atoms with Gasteiger partial charge >= 0.3 is 0 Å². The number of hydrogen-bond donors (Lipinski definition) is 3. The van der Waals surface area contributed by atoms with Crippen molar-refractivity contribution in [1.82, 2.24) is 9.97 Å². The van der Waals surface area contributed by atoms with Gasteiger partial charge in [-0.25, -0.2) is 15.8 Å². The largest absolute Gasteiger partial charge is 0.369 e. The van der Waals surface area contributed by atoms with Crippen LogP contribution in [0.25, 0.3) is 0 Å². The van der Waals surface area contributed by atoms with Crippen LogP contribution in [-0.2, 0) is 6.42 Å². The third-order valence-corrected chi connectivity index (χ3v) is 4.34. The summed E-state index contributed by atoms with van der Waals surface area (Å²) in [6.07, 6.45) is 6.16. The Morgan fingerprint density at radius 1 is 1.15 bits per heavy atom. The topological polar surface area (TPSA) is 75.9 Å². The molecule has 4 N–H and O–H groups in total. The molecule has 1 aliphatic carbocycles. The van der Waals surface area contributed by atoms with E-state index in [1.807, 2.05) is 6.92 Å². The maximum atomic E-state index is 5.53. The van der Waals surface area contributed by atoms with E-state index < -0.39 is 0 Å². The Bertz CT molecular complexity index is 438. The van der Waals surface area contributed by atoms with Crippen LogP contribution in [0.2, 0.25) is 0 Å². The molecule has 1 aliphatic rings. The van der Waals surface area contributed by atoms with Gasteiger partial charge in [0.1, 0.15) is 17.5 Å². The lowest BCUT2D eigenvalue weighted by Crippen LogP contribution is -2.22. The monoisotopic (exact) mass is 277 g/mol. The molecule has 1 heterocycles. The lowest BCUT2D eigenvalue weighted by Gasteiger charge is -2.26. The quantitative estimate of drug-likeness (QED) is 0.570. The highest BCUT2D eigenvalue weighted by molar-refractivity contribution is 5.56. The van der Waals surface area contributed by atoms with Crippen LogP contribution in [-0.4, -0.2) is 16.5 Å². The number of aryl methyl sites for hydroxylation is 1. The van der Waals surface area contributed by atoms with Crippen LogP contribution in [0.4, 0.5) is 11.6 Å². The minimum atomic E-state index is 0.719. The van der Waals surface area contributed by atoms with Crippen LogP contribution in [0.15, 0.2) is 0 Å². The summed E-state index contributed by atoms with van der Waals surface area (Å²) in [7, 11) is 0. The van der Waals surface area contributed by atoms with Gasteiger partial charge in [0, 0.05) is 18.5 Å². The summed E-state index contributed by atoms with van der Waals surface area (Å²) < 4.78 is 0. The molecule has 5 nitrogen and oxygen atoms in total. The summed E-state index contributed by atoms with van der Waals surface area (Å²) in [6.45, 7) is 7.40. The summed E-state index contributed by atoms with van der Waals surface area (Å²) in [4.78, 5) is 8.97. The lowest BCUT2D eigenvalue weighted by atomic mass is 9.83. The molecule has 0 amide bonds. The van der Waals surface area contributed by atoms with Crippen LogP contribution in [0.1, 0.15) is 50.9 Å². The second kappa shape index (κ2) is 6.88. The summed E-state index contributed by atoms with van der Waals surface area (Å²) in [6, 6.07) is 0. The second-order valence-electron chi connectivity index (χ2n) is 5.97. The van der Waals surface area contributed by atoms with Gasteiger partial charge in [0.05, 0.1) is 0 Å². The first kappa shape index (κ1) is 15.0. The lowest BCUT2D eigenvalue weighted by molar-refractivity contribution is 0.300. The number of hydrazine groups is 1. The molecule has 0 aromatic carbocycles. The highest BCUT2D eigenvalue weighted by atomic mass is 15.3. The van der Waals surface area contributed by atoms with E-state index in [2.05, 4.69) is 34.6 Å². The van der Waals surface area contributed by atoms with E-state index in [1.165, 1.54) is 25.7 Å². The van der Waals surface area contributed by atoms with Crippen molar-refractivity contribution in [2.45, 2.75) is 52.9 Å². The molecule has 1 saturated carbocycles. The summed E-state index contributed by atoms with van der Waals surface area (Å²) in [5, 5.41) is 3.50. The minimum absolute atomic E-state index is 0.719. The number of nitrogens with zero attached hydrogens (tertiary/aromatic N) is 2. The highest BCUT2D eigenvalue weighted by Crippen LogP contribution is 2.29. The Morgan fingerprint density at radius 3 is 2.40 bits per heavy atom. The van der Waals surface area contributed by atoms with Crippen molar-refractivity contribution in [3.05, 3.63) is 11.4 Å². The molecular formula is C15H27N5. The average molecular weight is 277 g/mol. The Morgan fingerprint density at radius 2 is 1.80 bits per heavy atom. The predicted octanol–water partition coefficient (Wildman–Crippen LogP) is 2.87. The Hall–Kier alpha value is -1.36. The number of aromatic nitrogens is 2. The Balaban J connectivity index is 2.01. The van der Waals surface area contributed by atoms with Crippen molar-refractivity contribution in [3.8, 4) is 0 Å². The number of rotatable bonds is 5. The Kier molecular flexibility index (Phi) is 5.17. The van der Waals surface area contributed by atoms with Crippen LogP contribution >= 0.6 is 0 Å². The molecule has 1 fully saturated rings. The van der Waals surface area contributed by atoms with Gasteiger partial charge < -0.3 is 10.7 Å². The molecule has 0 aliphatic heterocycles. The third-order valence-electron chi connectivity index (χ3n) is 4.34. The van der Waals surface area contributed by atoms with Crippen molar-refractivity contribution >= 4 is 11.6 Å². The minimum Gasteiger partial charge on any atom is -0.369 e. The van der Waals surface area contributed by atoms with Crippen LogP contribution < -0.4 is 16.6 Å². The van der Waals surface area contributed by atoms with Crippen molar-refractivity contribution in [1.29, 1.82) is 0 Å². The maximum absolute atomic E-state index is 5.53. The molecule has 112 valence electrons. The first-order valence-corrected chi connectivity index (χ1v) is 7.72. The fourth-order valence-electron chi connectivity index (χ4n) is 2.81. The zero-order valence-corrected chi connectivity index (χ0v) is 12.9. The Labute approximate surface area is 121 Å². The van der Waals surface area contributed by atoms with Gasteiger partial charge in [-0.15, -0.1) is 0 Å². The number of nitrogens with two attached hydrogens (primary N) is 1. The van der Waals surface area contributed by atoms with E-state index >= 15 is 0 Å². The zero-order chi connectivity index (χ0) is 14.5. The van der Waals surface area contributed by atoms with E-state index in [9.17, 15) is 0 Å². The number of nitrogen functional groups attached to an aromatic ring is 1. The van der Waals surface area contributed by atoms with Crippen LogP contribution in [0.5, 0.6) is 0 Å². The predicted molar refractivity (Wildman–Crippen MR) is 83.6 cm³/mol. The first-order valence-electron chi connectivity index (χ1n) is 7.72. The van der Waals surface area contributed by atoms with Gasteiger partial charge in [-0.1, -0.05) is 26.7 Å². The second-order valence-corrected chi connectivity index (χ2v) is 5.97. The van der Waals surface area contributed by atoms with Crippen molar-refractivity contribution in [2.24, 2.45) is 17.7 Å². The standard InChI is InChI=1S/C15H27N5/c1-4-13-18-14(11(3)15(19-13)20-16)17-9-12-7-5-10(2)6-8-12/h10,12H,4-9,16H2,1-3H3,(H2,17,18,19,20). The average Bonchev–Trinajstić information content (AvgIpc) is 2.48. The maximum Gasteiger partial charge on any atom is 0.148 e. The normalized spacial score (nSPS) is 22.6. The van der Waals surface area contributed by atoms with Crippen LogP contribution in [0.3, 0.4) is 0 Å². The van der Waals surface area contributed by atoms with Crippen molar-refractivity contribution in [2.75, 3.05) is 17.3 Å². The molecular weight excluding hydrogens is 250 g/mol. The number of hydrogen-bond acceptors (Lipinski definition) is 5. The van der Waals surface area contributed by atoms with E-state index in [0.29, 0.717) is 0 Å². The van der Waals surface area contributed by atoms with Crippen molar-refractivity contribution < 1.29 is 0 Å². The SMILES string of the molecule is CCc1nc(NN)c(C)c(NCC2CCC(C)CC2)n1. The molecule has 0 atom stereocenters. The van der Waals surface area contributed by atoms with Crippen LogP contribution in [0, 0.1) is 18.8 Å². The summed E-state index contributed by atoms with van der Waals surface area (Å²) in [5.41, 5.74) is 3.66. The zero-order valence-electron chi connectivity index (χ0n) is 12.9. The molecule has 0 spiro atoms. The smallest absolute Gasteiger partial charge is 0.148 e. The number of nitrogens with one attached hydrogen (secondary N) is 2. The summed E-state index contributed by atoms with van der Waals surface area (Å²) >= 11 is 0. The summed E-state index contributed by atoms with van der Waals surface area (Å²) in [5.74, 6) is 9.65. The van der Waals surface area contributed by atoms with Crippen molar-refractivity contribution in [3.63, 3.8) is 0 Å². The van der Waals surface area contributed by atoms with Gasteiger partial charge in [0.15, 0.2) is 0 Å². The fraction of sp³-hybridized carbons (Fsp3) is 0.733. The van der Waals surface area contributed by atoms with E-state index in [1.54, 1.807) is 0 Å². The van der Waals surface area contributed by atoms with E-state index in [-0.39, 0.29) is 0 Å². The molecule has 0 saturated heterocycles. The molecule has 5 heteroatoms. The molecule has 2 rings (SSSR count). The molecule has 20 heavy (non-hydrogen) atoms. The first-order chi connectivity index (χ1) is 9.63. The van der Waals surface area contributed by atoms with Gasteiger partial charge in [-0.3, -0.25) is 0 Å². The van der Waals surface area contributed by atoms with Gasteiger partial charge in [-0.2, -0.15) is 0 Å². The molecule has 1 aromatic heterocycles. The molecule has 1 aromatic rings. The van der Waals surface area contributed by atoms with Gasteiger partial charge in [0.2, 0.25) is 0 Å². The fourth-order valence-corrected chi connectivity index (χ4v) is 2.81. The molecule has 0 radical (unpaired) electrons. The highest BCUT2D eigenvalue weighted by Gasteiger charge is 2.18. The third kappa shape index (κ3) is 3.60. The molecule has 0 unspecified atom stereocenters. The molecule has 0 bridgehead atoms. The number of anilines is 2. The van der Waals surface area contributed by atoms with E-state index in [4.69, 9.17) is 5.84 Å². The van der Waals surface area contributed by atoms with Gasteiger partial charge in [-0.05, 0) is 31.6 Å².